The van der Waals surface area contributed by atoms with Crippen LogP contribution in [0, 0.1) is 5.82 Å². The van der Waals surface area contributed by atoms with E-state index in [-0.39, 0.29) is 22.9 Å². The number of para-hydroxylation sites is 1. The Bertz CT molecular complexity index is 1900. The van der Waals surface area contributed by atoms with Crippen molar-refractivity contribution in [2.24, 2.45) is 0 Å². The third kappa shape index (κ3) is 6.35. The second-order valence-corrected chi connectivity index (χ2v) is 11.6. The minimum Gasteiger partial charge on any atom is -0.321 e. The van der Waals surface area contributed by atoms with Crippen LogP contribution in [0.1, 0.15) is 44.8 Å². The Labute approximate surface area is 259 Å². The van der Waals surface area contributed by atoms with Crippen molar-refractivity contribution < 1.29 is 18.8 Å². The molecule has 0 aliphatic heterocycles. The zero-order valence-electron chi connectivity index (χ0n) is 23.9. The maximum Gasteiger partial charge on any atom is 0.272 e. The Balaban J connectivity index is 1.19. The summed E-state index contributed by atoms with van der Waals surface area (Å²) in [5, 5.41) is 6.60. The van der Waals surface area contributed by atoms with E-state index in [9.17, 15) is 18.8 Å². The highest BCUT2D eigenvalue weighted by molar-refractivity contribution is 8.00. The van der Waals surface area contributed by atoms with Crippen LogP contribution in [0.2, 0.25) is 0 Å². The molecule has 0 spiro atoms. The highest BCUT2D eigenvalue weighted by Crippen LogP contribution is 2.33. The molecule has 6 rings (SSSR count). The largest absolute Gasteiger partial charge is 0.321 e. The molecule has 5 aromatic rings. The van der Waals surface area contributed by atoms with Gasteiger partial charge in [0, 0.05) is 32.8 Å². The summed E-state index contributed by atoms with van der Waals surface area (Å²) in [7, 11) is 0. The zero-order chi connectivity index (χ0) is 30.5. The maximum atomic E-state index is 14.5. The van der Waals surface area contributed by atoms with Crippen molar-refractivity contribution in [2.75, 3.05) is 11.1 Å². The van der Waals surface area contributed by atoms with E-state index in [1.165, 1.54) is 35.5 Å². The summed E-state index contributed by atoms with van der Waals surface area (Å²) in [5.41, 5.74) is 4.25. The van der Waals surface area contributed by atoms with E-state index >= 15 is 0 Å². The van der Waals surface area contributed by atoms with E-state index in [0.717, 1.165) is 47.2 Å². The van der Waals surface area contributed by atoms with Crippen molar-refractivity contribution in [3.63, 3.8) is 0 Å². The van der Waals surface area contributed by atoms with Crippen LogP contribution >= 0.6 is 11.8 Å². The van der Waals surface area contributed by atoms with Crippen LogP contribution in [0.3, 0.4) is 0 Å². The normalized spacial score (nSPS) is 12.9. The van der Waals surface area contributed by atoms with Gasteiger partial charge in [0.1, 0.15) is 11.5 Å². The van der Waals surface area contributed by atoms with Gasteiger partial charge in [-0.2, -0.15) is 0 Å². The van der Waals surface area contributed by atoms with Gasteiger partial charge < -0.3 is 10.6 Å². The van der Waals surface area contributed by atoms with Crippen molar-refractivity contribution in [2.45, 2.75) is 30.6 Å². The van der Waals surface area contributed by atoms with Gasteiger partial charge in [0.05, 0.1) is 11.3 Å². The van der Waals surface area contributed by atoms with Gasteiger partial charge in [-0.15, -0.1) is 11.8 Å². The molecule has 1 aliphatic carbocycles. The monoisotopic (exact) mass is 603 g/mol. The Hall–Kier alpha value is -4.95. The molecule has 1 heterocycles. The second kappa shape index (κ2) is 13.1. The average molecular weight is 604 g/mol. The first kappa shape index (κ1) is 29.1. The number of carbonyl (C=O) groups excluding carboxylic acids is 3. The van der Waals surface area contributed by atoms with Gasteiger partial charge in [0.2, 0.25) is 5.91 Å². The van der Waals surface area contributed by atoms with Gasteiger partial charge >= 0.3 is 0 Å². The van der Waals surface area contributed by atoms with Crippen LogP contribution in [0.25, 0.3) is 17.0 Å². The average Bonchev–Trinajstić information content (AvgIpc) is 3.39. The standard InChI is InChI=1S/C36H30FN3O3S/c37-30-18-7-4-13-25(30)21-31(39-35(42)24-11-2-1-3-12-24)36(43)38-26-14-10-15-27(22-26)44-23-34(41)40-32-19-8-5-16-28(32)29-17-6-9-20-33(29)40/h1-5,7-8,10-16,18-19,21-22H,6,9,17,20,23H2,(H,38,43)(H,39,42)/b31-21-. The number of halogens is 1. The quantitative estimate of drug-likeness (QED) is 0.142. The SMILES string of the molecule is O=C(Nc1cccc(SCC(=O)n2c3c(c4ccccc42)CCCC3)c1)/C(=C/c1ccccc1F)NC(=O)c1ccccc1. The molecule has 8 heteroatoms. The summed E-state index contributed by atoms with van der Waals surface area (Å²) < 4.78 is 16.4. The van der Waals surface area contributed by atoms with Crippen LogP contribution in [0.15, 0.2) is 114 Å². The third-order valence-corrected chi connectivity index (χ3v) is 8.59. The van der Waals surface area contributed by atoms with Crippen LogP contribution < -0.4 is 10.6 Å². The van der Waals surface area contributed by atoms with Gasteiger partial charge in [-0.25, -0.2) is 4.39 Å². The fraction of sp³-hybridized carbons (Fsp3) is 0.139. The fourth-order valence-electron chi connectivity index (χ4n) is 5.54. The molecule has 2 amide bonds. The molecule has 44 heavy (non-hydrogen) atoms. The Morgan fingerprint density at radius 1 is 0.841 bits per heavy atom. The van der Waals surface area contributed by atoms with Gasteiger partial charge in [-0.3, -0.25) is 19.0 Å². The van der Waals surface area contributed by atoms with Crippen molar-refractivity contribution in [1.82, 2.24) is 9.88 Å². The lowest BCUT2D eigenvalue weighted by atomic mass is 9.96. The molecule has 0 unspecified atom stereocenters. The molecular weight excluding hydrogens is 573 g/mol. The molecule has 6 nitrogen and oxygen atoms in total. The van der Waals surface area contributed by atoms with Gasteiger partial charge in [-0.1, -0.05) is 60.7 Å². The van der Waals surface area contributed by atoms with Crippen molar-refractivity contribution >= 4 is 52.1 Å². The third-order valence-electron chi connectivity index (χ3n) is 7.62. The van der Waals surface area contributed by atoms with Gasteiger partial charge in [-0.05, 0) is 79.8 Å². The first-order chi connectivity index (χ1) is 21.5. The number of carbonyl (C=O) groups is 3. The molecule has 1 aliphatic rings. The van der Waals surface area contributed by atoms with Crippen LogP contribution in [0.5, 0.6) is 0 Å². The van der Waals surface area contributed by atoms with Crippen molar-refractivity contribution in [3.8, 4) is 0 Å². The zero-order valence-corrected chi connectivity index (χ0v) is 24.7. The number of amides is 2. The molecule has 0 bridgehead atoms. The molecule has 0 atom stereocenters. The van der Waals surface area contributed by atoms with E-state index in [1.807, 2.05) is 28.8 Å². The van der Waals surface area contributed by atoms with Crippen molar-refractivity contribution in [1.29, 1.82) is 0 Å². The van der Waals surface area contributed by atoms with Crippen molar-refractivity contribution in [3.05, 3.63) is 137 Å². The number of rotatable bonds is 8. The summed E-state index contributed by atoms with van der Waals surface area (Å²) in [6, 6.07) is 29.7. The molecule has 0 fully saturated rings. The van der Waals surface area contributed by atoms with Crippen LogP contribution in [0.4, 0.5) is 10.1 Å². The van der Waals surface area contributed by atoms with Gasteiger partial charge in [0.25, 0.3) is 11.8 Å². The Morgan fingerprint density at radius 2 is 1.59 bits per heavy atom. The first-order valence-corrected chi connectivity index (χ1v) is 15.5. The number of thioether (sulfide) groups is 1. The summed E-state index contributed by atoms with van der Waals surface area (Å²) in [5.74, 6) is -1.38. The molecule has 0 saturated heterocycles. The summed E-state index contributed by atoms with van der Waals surface area (Å²) in [6.07, 6.45) is 5.40. The molecule has 0 saturated carbocycles. The van der Waals surface area contributed by atoms with E-state index in [1.54, 1.807) is 60.7 Å². The fourth-order valence-corrected chi connectivity index (χ4v) is 6.35. The Kier molecular flexibility index (Phi) is 8.70. The lowest BCUT2D eigenvalue weighted by Gasteiger charge is -2.15. The Morgan fingerprint density at radius 3 is 2.43 bits per heavy atom. The topological polar surface area (TPSA) is 80.2 Å². The predicted molar refractivity (Wildman–Crippen MR) is 173 cm³/mol. The lowest BCUT2D eigenvalue weighted by Crippen LogP contribution is -2.30. The second-order valence-electron chi connectivity index (χ2n) is 10.5. The number of hydrogen-bond donors (Lipinski definition) is 2. The summed E-state index contributed by atoms with van der Waals surface area (Å²) >= 11 is 1.39. The lowest BCUT2D eigenvalue weighted by molar-refractivity contribution is -0.113. The molecule has 0 radical (unpaired) electrons. The summed E-state index contributed by atoms with van der Waals surface area (Å²) in [6.45, 7) is 0. The number of nitrogens with one attached hydrogen (secondary N) is 2. The highest BCUT2D eigenvalue weighted by Gasteiger charge is 2.23. The minimum absolute atomic E-state index is 0.0162. The number of aromatic nitrogens is 1. The molecular formula is C36H30FN3O3S. The number of benzene rings is 4. The number of anilines is 1. The van der Waals surface area contributed by atoms with Crippen LogP contribution in [-0.4, -0.2) is 28.0 Å². The molecule has 220 valence electrons. The highest BCUT2D eigenvalue weighted by atomic mass is 32.2. The number of aryl methyl sites for hydroxylation is 1. The van der Waals surface area contributed by atoms with E-state index in [0.29, 0.717) is 11.3 Å². The maximum absolute atomic E-state index is 14.5. The number of hydrogen-bond acceptors (Lipinski definition) is 4. The van der Waals surface area contributed by atoms with Crippen LogP contribution in [-0.2, 0) is 17.6 Å². The minimum atomic E-state index is -0.610. The summed E-state index contributed by atoms with van der Waals surface area (Å²) in [4.78, 5) is 40.6. The number of fused-ring (bicyclic) bond motifs is 3. The number of nitrogens with zero attached hydrogens (tertiary/aromatic N) is 1. The smallest absolute Gasteiger partial charge is 0.272 e. The molecule has 4 aromatic carbocycles. The van der Waals surface area contributed by atoms with Gasteiger partial charge in [0.15, 0.2) is 0 Å². The van der Waals surface area contributed by atoms with E-state index in [2.05, 4.69) is 16.7 Å². The predicted octanol–water partition coefficient (Wildman–Crippen LogP) is 7.50. The molecule has 2 N–H and O–H groups in total. The molecule has 1 aromatic heterocycles. The van der Waals surface area contributed by atoms with E-state index < -0.39 is 17.6 Å². The van der Waals surface area contributed by atoms with E-state index in [4.69, 9.17) is 0 Å². The first-order valence-electron chi connectivity index (χ1n) is 14.5.